The molecule has 1 nitrogen and oxygen atoms in total. The molecule has 1 aromatic heterocycles. The van der Waals surface area contributed by atoms with Crippen LogP contribution in [0.1, 0.15) is 10.4 Å². The lowest BCUT2D eigenvalue weighted by atomic mass is 10.2. The molecule has 14 heavy (non-hydrogen) atoms. The van der Waals surface area contributed by atoms with Crippen LogP contribution in [-0.2, 0) is 0 Å². The minimum atomic E-state index is 0.836. The van der Waals surface area contributed by atoms with Crippen molar-refractivity contribution in [3.05, 3.63) is 26.6 Å². The van der Waals surface area contributed by atoms with Gasteiger partial charge in [0.2, 0.25) is 0 Å². The molecule has 0 atom stereocenters. The number of carbonyl (C=O) groups excluding carboxylic acids is 1. The first kappa shape index (κ1) is 10.4. The van der Waals surface area contributed by atoms with Crippen LogP contribution in [0, 0.1) is 3.57 Å². The van der Waals surface area contributed by atoms with Crippen LogP contribution in [0.5, 0.6) is 0 Å². The molecule has 0 saturated carbocycles. The molecule has 1 heterocycles. The molecule has 0 aliphatic rings. The molecule has 72 valence electrons. The number of halogens is 1. The van der Waals surface area contributed by atoms with Crippen molar-refractivity contribution in [2.45, 2.75) is 4.90 Å². The molecule has 0 fully saturated rings. The Morgan fingerprint density at radius 2 is 2.36 bits per heavy atom. The lowest BCUT2D eigenvalue weighted by Gasteiger charge is -2.04. The number of thiophene rings is 1. The van der Waals surface area contributed by atoms with Gasteiger partial charge in [-0.2, -0.15) is 0 Å². The van der Waals surface area contributed by atoms with E-state index < -0.39 is 0 Å². The van der Waals surface area contributed by atoms with E-state index in [9.17, 15) is 4.79 Å². The van der Waals surface area contributed by atoms with E-state index in [2.05, 4.69) is 34.7 Å². The quantitative estimate of drug-likeness (QED) is 0.468. The monoisotopic (exact) mass is 334 g/mol. The summed E-state index contributed by atoms with van der Waals surface area (Å²) >= 11 is 5.55. The number of carbonyl (C=O) groups is 1. The molecule has 4 heteroatoms. The van der Waals surface area contributed by atoms with Crippen LogP contribution in [0.4, 0.5) is 0 Å². The van der Waals surface area contributed by atoms with Crippen LogP contribution in [0.3, 0.4) is 0 Å². The number of aldehydes is 1. The number of benzene rings is 1. The fourth-order valence-corrected chi connectivity index (χ4v) is 4.16. The summed E-state index contributed by atoms with van der Waals surface area (Å²) in [5.41, 5.74) is 0.836. The number of fused-ring (bicyclic) bond motifs is 1. The average molecular weight is 334 g/mol. The van der Waals surface area contributed by atoms with Crippen molar-refractivity contribution >= 4 is 62.1 Å². The van der Waals surface area contributed by atoms with Gasteiger partial charge in [-0.05, 0) is 51.7 Å². The average Bonchev–Trinajstić information content (AvgIpc) is 2.64. The smallest absolute Gasteiger partial charge is 0.152 e. The number of hydrogen-bond donors (Lipinski definition) is 0. The molecule has 2 rings (SSSR count). The Bertz CT molecular complexity index is 490. The third-order valence-electron chi connectivity index (χ3n) is 2.02. The van der Waals surface area contributed by atoms with Crippen LogP contribution in [0.2, 0.25) is 0 Å². The Labute approximate surface area is 104 Å². The molecule has 0 aliphatic heterocycles. The highest BCUT2D eigenvalue weighted by Gasteiger charge is 2.10. The second-order valence-corrected chi connectivity index (χ2v) is 5.61. The standard InChI is InChI=1S/C10H7IOS2/c1-13-8-4-6-2-3-14-10(6)7(5-12)9(8)11/h2-5H,1H3. The van der Waals surface area contributed by atoms with E-state index in [-0.39, 0.29) is 0 Å². The molecule has 2 aromatic rings. The highest BCUT2D eigenvalue weighted by atomic mass is 127. The fourth-order valence-electron chi connectivity index (χ4n) is 1.34. The maximum Gasteiger partial charge on any atom is 0.152 e. The van der Waals surface area contributed by atoms with Gasteiger partial charge in [-0.25, -0.2) is 0 Å². The van der Waals surface area contributed by atoms with Crippen molar-refractivity contribution in [1.29, 1.82) is 0 Å². The summed E-state index contributed by atoms with van der Waals surface area (Å²) in [5, 5.41) is 3.19. The van der Waals surface area contributed by atoms with E-state index in [1.807, 2.05) is 11.6 Å². The van der Waals surface area contributed by atoms with Gasteiger partial charge in [0, 0.05) is 18.7 Å². The van der Waals surface area contributed by atoms with Gasteiger partial charge in [0.05, 0.1) is 0 Å². The molecule has 0 saturated heterocycles. The van der Waals surface area contributed by atoms with Crippen LogP contribution < -0.4 is 0 Å². The summed E-state index contributed by atoms with van der Waals surface area (Å²) < 4.78 is 2.17. The topological polar surface area (TPSA) is 17.1 Å². The second-order valence-electron chi connectivity index (χ2n) is 2.76. The summed E-state index contributed by atoms with van der Waals surface area (Å²) in [6.07, 6.45) is 2.99. The van der Waals surface area contributed by atoms with E-state index >= 15 is 0 Å². The zero-order valence-corrected chi connectivity index (χ0v) is 11.2. The van der Waals surface area contributed by atoms with Gasteiger partial charge in [-0.15, -0.1) is 23.1 Å². The summed E-state index contributed by atoms with van der Waals surface area (Å²) in [7, 11) is 0. The predicted molar refractivity (Wildman–Crippen MR) is 71.7 cm³/mol. The summed E-state index contributed by atoms with van der Waals surface area (Å²) in [4.78, 5) is 12.2. The van der Waals surface area contributed by atoms with Crippen LogP contribution >= 0.6 is 45.7 Å². The van der Waals surface area contributed by atoms with Crippen LogP contribution in [0.15, 0.2) is 22.4 Å². The summed E-state index contributed by atoms with van der Waals surface area (Å²) in [6, 6.07) is 4.20. The minimum Gasteiger partial charge on any atom is -0.298 e. The molecular weight excluding hydrogens is 327 g/mol. The van der Waals surface area contributed by atoms with E-state index in [1.54, 1.807) is 23.1 Å². The normalized spacial score (nSPS) is 10.7. The van der Waals surface area contributed by atoms with Crippen molar-refractivity contribution in [3.63, 3.8) is 0 Å². The van der Waals surface area contributed by atoms with Gasteiger partial charge in [-0.1, -0.05) is 0 Å². The third-order valence-corrected chi connectivity index (χ3v) is 5.27. The highest BCUT2D eigenvalue weighted by molar-refractivity contribution is 14.1. The van der Waals surface area contributed by atoms with Gasteiger partial charge in [0.1, 0.15) is 0 Å². The first-order valence-electron chi connectivity index (χ1n) is 3.96. The first-order valence-corrected chi connectivity index (χ1v) is 7.15. The van der Waals surface area contributed by atoms with Gasteiger partial charge in [0.25, 0.3) is 0 Å². The van der Waals surface area contributed by atoms with Crippen molar-refractivity contribution < 1.29 is 4.79 Å². The van der Waals surface area contributed by atoms with E-state index in [1.165, 1.54) is 10.3 Å². The maximum absolute atomic E-state index is 11.0. The SMILES string of the molecule is CSc1cc2ccsc2c(C=O)c1I. The zero-order chi connectivity index (χ0) is 10.1. The summed E-state index contributed by atoms with van der Waals surface area (Å²) in [6.45, 7) is 0. The second kappa shape index (κ2) is 4.20. The largest absolute Gasteiger partial charge is 0.298 e. The molecular formula is C10H7IOS2. The Morgan fingerprint density at radius 3 is 3.00 bits per heavy atom. The highest BCUT2D eigenvalue weighted by Crippen LogP contribution is 2.34. The van der Waals surface area contributed by atoms with Crippen LogP contribution in [0.25, 0.3) is 10.1 Å². The molecule has 0 amide bonds. The van der Waals surface area contributed by atoms with Gasteiger partial charge < -0.3 is 0 Å². The Morgan fingerprint density at radius 1 is 1.57 bits per heavy atom. The molecule has 0 unspecified atom stereocenters. The Kier molecular flexibility index (Phi) is 3.14. The maximum atomic E-state index is 11.0. The minimum absolute atomic E-state index is 0.836. The lowest BCUT2D eigenvalue weighted by Crippen LogP contribution is -1.89. The number of thioether (sulfide) groups is 1. The molecule has 0 aliphatic carbocycles. The predicted octanol–water partition coefficient (Wildman–Crippen LogP) is 4.04. The van der Waals surface area contributed by atoms with Crippen LogP contribution in [-0.4, -0.2) is 12.5 Å². The van der Waals surface area contributed by atoms with Gasteiger partial charge in [-0.3, -0.25) is 4.79 Å². The third kappa shape index (κ3) is 1.59. The van der Waals surface area contributed by atoms with E-state index in [0.717, 1.165) is 20.1 Å². The van der Waals surface area contributed by atoms with Crippen molar-refractivity contribution in [1.82, 2.24) is 0 Å². The molecule has 0 N–H and O–H groups in total. The van der Waals surface area contributed by atoms with Crippen molar-refractivity contribution in [3.8, 4) is 0 Å². The Hall–Kier alpha value is -0.0700. The number of hydrogen-bond acceptors (Lipinski definition) is 3. The van der Waals surface area contributed by atoms with E-state index in [4.69, 9.17) is 0 Å². The Balaban J connectivity index is 2.87. The molecule has 0 spiro atoms. The zero-order valence-electron chi connectivity index (χ0n) is 7.41. The van der Waals surface area contributed by atoms with Gasteiger partial charge in [0.15, 0.2) is 6.29 Å². The van der Waals surface area contributed by atoms with Crippen molar-refractivity contribution in [2.75, 3.05) is 6.26 Å². The van der Waals surface area contributed by atoms with Gasteiger partial charge >= 0.3 is 0 Å². The fraction of sp³-hybridized carbons (Fsp3) is 0.100. The first-order chi connectivity index (χ1) is 6.77. The molecule has 0 bridgehead atoms. The lowest BCUT2D eigenvalue weighted by molar-refractivity contribution is 0.112. The number of rotatable bonds is 2. The molecule has 0 radical (unpaired) electrons. The summed E-state index contributed by atoms with van der Waals surface area (Å²) in [5.74, 6) is 0. The van der Waals surface area contributed by atoms with Crippen molar-refractivity contribution in [2.24, 2.45) is 0 Å². The molecule has 1 aromatic carbocycles. The van der Waals surface area contributed by atoms with E-state index in [0.29, 0.717) is 0 Å².